The van der Waals surface area contributed by atoms with Gasteiger partial charge in [-0.3, -0.25) is 4.79 Å². The largest absolute Gasteiger partial charge is 0.494 e. The Labute approximate surface area is 148 Å². The molecule has 0 radical (unpaired) electrons. The maximum absolute atomic E-state index is 12.1. The van der Waals surface area contributed by atoms with E-state index >= 15 is 0 Å². The standard InChI is InChI=1S/C19H26N4O2/c1-2-25-16-9-7-15(8-10-16)14-19(24)20-12-11-18-22-21-17-6-4-3-5-13-23(17)18/h7-10H,2-6,11-14H2,1H3,(H,20,24). The minimum Gasteiger partial charge on any atom is -0.494 e. The number of fused-ring (bicyclic) bond motifs is 1. The van der Waals surface area contributed by atoms with Gasteiger partial charge in [-0.15, -0.1) is 10.2 Å². The molecule has 0 aliphatic carbocycles. The zero-order valence-corrected chi connectivity index (χ0v) is 14.8. The van der Waals surface area contributed by atoms with Gasteiger partial charge in [-0.05, 0) is 37.5 Å². The molecule has 0 spiro atoms. The van der Waals surface area contributed by atoms with Crippen molar-refractivity contribution >= 4 is 5.91 Å². The first-order chi connectivity index (χ1) is 12.3. The number of carbonyl (C=O) groups is 1. The first kappa shape index (κ1) is 17.5. The van der Waals surface area contributed by atoms with Crippen molar-refractivity contribution in [3.05, 3.63) is 41.5 Å². The van der Waals surface area contributed by atoms with E-state index in [-0.39, 0.29) is 5.91 Å². The van der Waals surface area contributed by atoms with E-state index in [0.717, 1.165) is 42.3 Å². The van der Waals surface area contributed by atoms with Crippen LogP contribution in [-0.2, 0) is 30.6 Å². The first-order valence-corrected chi connectivity index (χ1v) is 9.15. The molecule has 0 bridgehead atoms. The van der Waals surface area contributed by atoms with Gasteiger partial charge in [0, 0.05) is 25.9 Å². The lowest BCUT2D eigenvalue weighted by Crippen LogP contribution is -2.28. The van der Waals surface area contributed by atoms with Crippen LogP contribution in [-0.4, -0.2) is 33.8 Å². The molecule has 0 atom stereocenters. The Morgan fingerprint density at radius 3 is 2.84 bits per heavy atom. The fourth-order valence-electron chi connectivity index (χ4n) is 3.16. The quantitative estimate of drug-likeness (QED) is 0.838. The van der Waals surface area contributed by atoms with E-state index in [1.807, 2.05) is 31.2 Å². The normalized spacial score (nSPS) is 13.8. The molecule has 0 unspecified atom stereocenters. The highest BCUT2D eigenvalue weighted by Gasteiger charge is 2.14. The highest BCUT2D eigenvalue weighted by atomic mass is 16.5. The lowest BCUT2D eigenvalue weighted by Gasteiger charge is -2.08. The predicted molar refractivity (Wildman–Crippen MR) is 95.6 cm³/mol. The summed E-state index contributed by atoms with van der Waals surface area (Å²) >= 11 is 0. The molecule has 2 heterocycles. The molecule has 0 fully saturated rings. The van der Waals surface area contributed by atoms with Crippen LogP contribution in [0.5, 0.6) is 5.75 Å². The molecule has 6 heteroatoms. The van der Waals surface area contributed by atoms with Gasteiger partial charge in [0.1, 0.15) is 17.4 Å². The highest BCUT2D eigenvalue weighted by Crippen LogP contribution is 2.15. The van der Waals surface area contributed by atoms with E-state index in [0.29, 0.717) is 19.6 Å². The second kappa shape index (κ2) is 8.65. The summed E-state index contributed by atoms with van der Waals surface area (Å²) in [5, 5.41) is 11.6. The molecular formula is C19H26N4O2. The van der Waals surface area contributed by atoms with Crippen molar-refractivity contribution in [3.63, 3.8) is 0 Å². The number of aromatic nitrogens is 3. The van der Waals surface area contributed by atoms with Crippen LogP contribution in [0.15, 0.2) is 24.3 Å². The third kappa shape index (κ3) is 4.81. The number of rotatable bonds is 7. The molecule has 6 nitrogen and oxygen atoms in total. The number of hydrogen-bond donors (Lipinski definition) is 1. The van der Waals surface area contributed by atoms with Crippen molar-refractivity contribution in [2.45, 2.75) is 52.0 Å². The van der Waals surface area contributed by atoms with Gasteiger partial charge in [-0.1, -0.05) is 18.6 Å². The second-order valence-corrected chi connectivity index (χ2v) is 6.35. The van der Waals surface area contributed by atoms with Gasteiger partial charge in [0.05, 0.1) is 13.0 Å². The minimum absolute atomic E-state index is 0.0276. The molecule has 1 aliphatic rings. The number of hydrogen-bond acceptors (Lipinski definition) is 4. The molecular weight excluding hydrogens is 316 g/mol. The molecule has 1 aromatic carbocycles. The van der Waals surface area contributed by atoms with E-state index in [1.54, 1.807) is 0 Å². The summed E-state index contributed by atoms with van der Waals surface area (Å²) in [5.74, 6) is 2.94. The Hall–Kier alpha value is -2.37. The van der Waals surface area contributed by atoms with Crippen LogP contribution in [0.2, 0.25) is 0 Å². The molecule has 1 N–H and O–H groups in total. The molecule has 1 aliphatic heterocycles. The number of aryl methyl sites for hydroxylation is 1. The van der Waals surface area contributed by atoms with E-state index in [1.165, 1.54) is 19.3 Å². The van der Waals surface area contributed by atoms with E-state index < -0.39 is 0 Å². The van der Waals surface area contributed by atoms with Crippen LogP contribution < -0.4 is 10.1 Å². The number of nitrogens with one attached hydrogen (secondary N) is 1. The van der Waals surface area contributed by atoms with Crippen LogP contribution in [0, 0.1) is 0 Å². The molecule has 1 amide bonds. The molecule has 0 saturated heterocycles. The van der Waals surface area contributed by atoms with E-state index in [4.69, 9.17) is 4.74 Å². The summed E-state index contributed by atoms with van der Waals surface area (Å²) < 4.78 is 7.64. The van der Waals surface area contributed by atoms with Crippen LogP contribution >= 0.6 is 0 Å². The van der Waals surface area contributed by atoms with Crippen LogP contribution in [0.1, 0.15) is 43.4 Å². The molecule has 3 rings (SSSR count). The summed E-state index contributed by atoms with van der Waals surface area (Å²) in [6.07, 6.45) is 5.74. The number of amides is 1. The van der Waals surface area contributed by atoms with Crippen molar-refractivity contribution in [1.82, 2.24) is 20.1 Å². The van der Waals surface area contributed by atoms with Crippen molar-refractivity contribution in [2.75, 3.05) is 13.2 Å². The summed E-state index contributed by atoms with van der Waals surface area (Å²) in [5.41, 5.74) is 0.984. The van der Waals surface area contributed by atoms with Gasteiger partial charge in [-0.2, -0.15) is 0 Å². The third-order valence-corrected chi connectivity index (χ3v) is 4.46. The lowest BCUT2D eigenvalue weighted by molar-refractivity contribution is -0.120. The second-order valence-electron chi connectivity index (χ2n) is 6.35. The zero-order valence-electron chi connectivity index (χ0n) is 14.8. The highest BCUT2D eigenvalue weighted by molar-refractivity contribution is 5.78. The molecule has 134 valence electrons. The van der Waals surface area contributed by atoms with E-state index in [9.17, 15) is 4.79 Å². The van der Waals surface area contributed by atoms with Crippen LogP contribution in [0.4, 0.5) is 0 Å². The van der Waals surface area contributed by atoms with Crippen LogP contribution in [0.3, 0.4) is 0 Å². The van der Waals surface area contributed by atoms with Crippen molar-refractivity contribution in [3.8, 4) is 5.75 Å². The average molecular weight is 342 g/mol. The summed E-state index contributed by atoms with van der Waals surface area (Å²) in [6, 6.07) is 7.67. The maximum atomic E-state index is 12.1. The van der Waals surface area contributed by atoms with Crippen LogP contribution in [0.25, 0.3) is 0 Å². The molecule has 2 aromatic rings. The number of nitrogens with zero attached hydrogens (tertiary/aromatic N) is 3. The molecule has 25 heavy (non-hydrogen) atoms. The lowest BCUT2D eigenvalue weighted by atomic mass is 10.1. The Morgan fingerprint density at radius 1 is 1.20 bits per heavy atom. The minimum atomic E-state index is 0.0276. The topological polar surface area (TPSA) is 69.0 Å². The predicted octanol–water partition coefficient (Wildman–Crippen LogP) is 2.30. The third-order valence-electron chi connectivity index (χ3n) is 4.46. The Morgan fingerprint density at radius 2 is 2.04 bits per heavy atom. The Balaban J connectivity index is 1.46. The van der Waals surface area contributed by atoms with Gasteiger partial charge in [0.2, 0.25) is 5.91 Å². The van der Waals surface area contributed by atoms with Gasteiger partial charge in [0.25, 0.3) is 0 Å². The van der Waals surface area contributed by atoms with Crippen molar-refractivity contribution in [1.29, 1.82) is 0 Å². The van der Waals surface area contributed by atoms with Gasteiger partial charge in [0.15, 0.2) is 0 Å². The number of carbonyl (C=O) groups excluding carboxylic acids is 1. The van der Waals surface area contributed by atoms with Gasteiger partial charge >= 0.3 is 0 Å². The van der Waals surface area contributed by atoms with Crippen molar-refractivity contribution < 1.29 is 9.53 Å². The summed E-state index contributed by atoms with van der Waals surface area (Å²) in [4.78, 5) is 12.1. The van der Waals surface area contributed by atoms with Crippen molar-refractivity contribution in [2.24, 2.45) is 0 Å². The molecule has 1 aromatic heterocycles. The maximum Gasteiger partial charge on any atom is 0.224 e. The van der Waals surface area contributed by atoms with Gasteiger partial charge in [-0.25, -0.2) is 0 Å². The summed E-state index contributed by atoms with van der Waals surface area (Å²) in [6.45, 7) is 4.19. The number of benzene rings is 1. The average Bonchev–Trinajstić information content (AvgIpc) is 2.84. The Bertz CT molecular complexity index is 694. The smallest absolute Gasteiger partial charge is 0.224 e. The molecule has 0 saturated carbocycles. The van der Waals surface area contributed by atoms with Gasteiger partial charge < -0.3 is 14.6 Å². The number of ether oxygens (including phenoxy) is 1. The Kier molecular flexibility index (Phi) is 6.04. The summed E-state index contributed by atoms with van der Waals surface area (Å²) in [7, 11) is 0. The zero-order chi connectivity index (χ0) is 17.5. The van der Waals surface area contributed by atoms with E-state index in [2.05, 4.69) is 20.1 Å². The first-order valence-electron chi connectivity index (χ1n) is 9.15. The fraction of sp³-hybridized carbons (Fsp3) is 0.526. The monoisotopic (exact) mass is 342 g/mol. The SMILES string of the molecule is CCOc1ccc(CC(=O)NCCc2nnc3n2CCCCC3)cc1. The fourth-order valence-corrected chi connectivity index (χ4v) is 3.16.